The summed E-state index contributed by atoms with van der Waals surface area (Å²) in [7, 11) is 0. The zero-order valence-electron chi connectivity index (χ0n) is 18.5. The first-order valence-corrected chi connectivity index (χ1v) is 10.5. The number of fused-ring (bicyclic) bond motifs is 1. The molecule has 2 N–H and O–H groups in total. The Morgan fingerprint density at radius 3 is 2.20 bits per heavy atom. The van der Waals surface area contributed by atoms with Gasteiger partial charge in [0, 0.05) is 17.3 Å². The Morgan fingerprint density at radius 2 is 1.60 bits per heavy atom. The number of hydrogen-bond donors (Lipinski definition) is 2. The van der Waals surface area contributed by atoms with Crippen LogP contribution in [0.1, 0.15) is 61.8 Å². The van der Waals surface area contributed by atoms with Crippen molar-refractivity contribution < 1.29 is 4.79 Å². The van der Waals surface area contributed by atoms with Crippen molar-refractivity contribution in [3.8, 4) is 0 Å². The molecule has 0 aliphatic carbocycles. The molecule has 158 valence electrons. The van der Waals surface area contributed by atoms with Crippen LogP contribution >= 0.6 is 0 Å². The van der Waals surface area contributed by atoms with Crippen LogP contribution in [-0.4, -0.2) is 17.1 Å². The smallest absolute Gasteiger partial charge is 0.276 e. The predicted molar refractivity (Wildman–Crippen MR) is 124 cm³/mol. The van der Waals surface area contributed by atoms with Gasteiger partial charge in [0.05, 0.1) is 17.3 Å². The number of carbonyl (C=O) groups excluding carboxylic acids is 1. The summed E-state index contributed by atoms with van der Waals surface area (Å²) in [5, 5.41) is 4.37. The summed E-state index contributed by atoms with van der Waals surface area (Å²) >= 11 is 0. The molecule has 0 saturated carbocycles. The molecule has 1 unspecified atom stereocenters. The van der Waals surface area contributed by atoms with Gasteiger partial charge < -0.3 is 10.7 Å². The number of rotatable bonds is 6. The Balaban J connectivity index is 2.07. The van der Waals surface area contributed by atoms with Gasteiger partial charge in [-0.2, -0.15) is 0 Å². The van der Waals surface area contributed by atoms with Crippen LogP contribution in [0.4, 0.5) is 0 Å². The number of nitrogens with zero attached hydrogens (tertiary/aromatic N) is 1. The second-order valence-electron chi connectivity index (χ2n) is 8.89. The molecular weight excluding hydrogens is 374 g/mol. The highest BCUT2D eigenvalue weighted by Gasteiger charge is 2.22. The number of carbonyl (C=O) groups is 1. The van der Waals surface area contributed by atoms with E-state index in [1.54, 1.807) is 6.07 Å². The number of pyridine rings is 1. The first-order chi connectivity index (χ1) is 14.2. The predicted octanol–water partition coefficient (Wildman–Crippen LogP) is 4.78. The van der Waals surface area contributed by atoms with Gasteiger partial charge in [0.25, 0.3) is 11.5 Å². The molecule has 3 aromatic rings. The van der Waals surface area contributed by atoms with Crippen LogP contribution < -0.4 is 16.3 Å². The lowest BCUT2D eigenvalue weighted by atomic mass is 9.97. The molecule has 0 aliphatic rings. The van der Waals surface area contributed by atoms with Crippen LogP contribution in [0.25, 0.3) is 10.8 Å². The van der Waals surface area contributed by atoms with Gasteiger partial charge in [0.15, 0.2) is 0 Å². The fourth-order valence-corrected chi connectivity index (χ4v) is 3.60. The molecule has 0 bridgehead atoms. The van der Waals surface area contributed by atoms with Crippen molar-refractivity contribution in [2.75, 3.05) is 12.0 Å². The van der Waals surface area contributed by atoms with E-state index in [-0.39, 0.29) is 22.9 Å². The van der Waals surface area contributed by atoms with Crippen molar-refractivity contribution in [2.24, 2.45) is 5.41 Å². The van der Waals surface area contributed by atoms with Crippen LogP contribution in [0.3, 0.4) is 0 Å². The van der Waals surface area contributed by atoms with Gasteiger partial charge in [-0.1, -0.05) is 76.2 Å². The van der Waals surface area contributed by atoms with Crippen LogP contribution in [0.2, 0.25) is 0 Å². The van der Waals surface area contributed by atoms with E-state index >= 15 is 0 Å². The standard InChI is InChI=1S/C25H31N3O2/c1-6-21(18-12-8-7-9-13-18)27-23(29)22-17(2)28(26-16-25(3,4)5)24(30)20-15-11-10-14-19(20)22/h7-15,21,26H,6,16H2,1-5H3,(H,27,29). The zero-order chi connectivity index (χ0) is 21.9. The molecule has 1 amide bonds. The maximum Gasteiger partial charge on any atom is 0.276 e. The number of aromatic nitrogens is 1. The minimum absolute atomic E-state index is 0.0133. The third-order valence-electron chi connectivity index (χ3n) is 5.24. The minimum Gasteiger partial charge on any atom is -0.345 e. The topological polar surface area (TPSA) is 63.1 Å². The lowest BCUT2D eigenvalue weighted by molar-refractivity contribution is 0.0936. The van der Waals surface area contributed by atoms with Gasteiger partial charge in [-0.05, 0) is 30.4 Å². The Morgan fingerprint density at radius 1 is 1.00 bits per heavy atom. The minimum atomic E-state index is -0.175. The summed E-state index contributed by atoms with van der Waals surface area (Å²) < 4.78 is 1.52. The van der Waals surface area contributed by atoms with Gasteiger partial charge in [0.2, 0.25) is 0 Å². The first-order valence-electron chi connectivity index (χ1n) is 10.5. The molecular formula is C25H31N3O2. The van der Waals surface area contributed by atoms with Crippen molar-refractivity contribution >= 4 is 16.7 Å². The normalized spacial score (nSPS) is 12.6. The van der Waals surface area contributed by atoms with Crippen LogP contribution in [-0.2, 0) is 0 Å². The lowest BCUT2D eigenvalue weighted by Crippen LogP contribution is -2.38. The van der Waals surface area contributed by atoms with E-state index in [0.717, 1.165) is 12.0 Å². The van der Waals surface area contributed by atoms with Crippen molar-refractivity contribution in [3.05, 3.63) is 81.8 Å². The summed E-state index contributed by atoms with van der Waals surface area (Å²) in [6, 6.07) is 17.2. The third kappa shape index (κ3) is 4.56. The van der Waals surface area contributed by atoms with E-state index in [4.69, 9.17) is 0 Å². The molecule has 1 aromatic heterocycles. The van der Waals surface area contributed by atoms with Crippen LogP contribution in [0.15, 0.2) is 59.4 Å². The highest BCUT2D eigenvalue weighted by Crippen LogP contribution is 2.22. The molecule has 30 heavy (non-hydrogen) atoms. The SMILES string of the molecule is CCC(NC(=O)c1c(C)n(NCC(C)(C)C)c(=O)c2ccccc12)c1ccccc1. The van der Waals surface area contributed by atoms with Gasteiger partial charge in [0.1, 0.15) is 0 Å². The average Bonchev–Trinajstić information content (AvgIpc) is 2.72. The lowest BCUT2D eigenvalue weighted by Gasteiger charge is -2.24. The van der Waals surface area contributed by atoms with Gasteiger partial charge in [-0.3, -0.25) is 9.59 Å². The Labute approximate surface area is 178 Å². The van der Waals surface area contributed by atoms with Crippen LogP contribution in [0, 0.1) is 12.3 Å². The third-order valence-corrected chi connectivity index (χ3v) is 5.24. The highest BCUT2D eigenvalue weighted by molar-refractivity contribution is 6.07. The van der Waals surface area contributed by atoms with Crippen molar-refractivity contribution in [2.45, 2.75) is 47.1 Å². The van der Waals surface area contributed by atoms with Gasteiger partial charge in [-0.25, -0.2) is 4.68 Å². The zero-order valence-corrected chi connectivity index (χ0v) is 18.5. The summed E-state index contributed by atoms with van der Waals surface area (Å²) in [6.07, 6.45) is 0.772. The summed E-state index contributed by atoms with van der Waals surface area (Å²) in [5.41, 5.74) is 5.29. The Bertz CT molecular complexity index is 1100. The van der Waals surface area contributed by atoms with E-state index in [0.29, 0.717) is 28.6 Å². The average molecular weight is 406 g/mol. The van der Waals surface area contributed by atoms with E-state index < -0.39 is 0 Å². The molecule has 0 fully saturated rings. The number of amides is 1. The van der Waals surface area contributed by atoms with E-state index in [1.165, 1.54) is 4.68 Å². The fourth-order valence-electron chi connectivity index (χ4n) is 3.60. The molecule has 0 aliphatic heterocycles. The summed E-state index contributed by atoms with van der Waals surface area (Å²) in [5.74, 6) is -0.175. The molecule has 3 rings (SSSR count). The second kappa shape index (κ2) is 8.74. The Hall–Kier alpha value is -3.08. The number of hydrogen-bond acceptors (Lipinski definition) is 3. The summed E-state index contributed by atoms with van der Waals surface area (Å²) in [6.45, 7) is 10.8. The molecule has 2 aromatic carbocycles. The van der Waals surface area contributed by atoms with Crippen molar-refractivity contribution in [3.63, 3.8) is 0 Å². The summed E-state index contributed by atoms with van der Waals surface area (Å²) in [4.78, 5) is 26.5. The van der Waals surface area contributed by atoms with E-state index in [1.807, 2.05) is 55.5 Å². The number of nitrogens with one attached hydrogen (secondary N) is 2. The molecule has 5 heteroatoms. The maximum atomic E-state index is 13.4. The first kappa shape index (κ1) is 21.6. The molecule has 0 spiro atoms. The van der Waals surface area contributed by atoms with Crippen molar-refractivity contribution in [1.29, 1.82) is 0 Å². The largest absolute Gasteiger partial charge is 0.345 e. The molecule has 0 radical (unpaired) electrons. The highest BCUT2D eigenvalue weighted by atomic mass is 16.2. The van der Waals surface area contributed by atoms with E-state index in [2.05, 4.69) is 38.4 Å². The quantitative estimate of drug-likeness (QED) is 0.620. The maximum absolute atomic E-state index is 13.4. The Kier molecular flexibility index (Phi) is 6.30. The monoisotopic (exact) mass is 405 g/mol. The van der Waals surface area contributed by atoms with Gasteiger partial charge >= 0.3 is 0 Å². The van der Waals surface area contributed by atoms with Crippen molar-refractivity contribution in [1.82, 2.24) is 9.99 Å². The van der Waals surface area contributed by atoms with Gasteiger partial charge in [-0.15, -0.1) is 0 Å². The molecule has 1 heterocycles. The molecule has 0 saturated heterocycles. The fraction of sp³-hybridized carbons (Fsp3) is 0.360. The molecule has 1 atom stereocenters. The van der Waals surface area contributed by atoms with E-state index in [9.17, 15) is 9.59 Å². The van der Waals surface area contributed by atoms with Crippen LogP contribution in [0.5, 0.6) is 0 Å². The second-order valence-corrected chi connectivity index (χ2v) is 8.89. The number of benzene rings is 2. The molecule has 5 nitrogen and oxygen atoms in total.